The molecule has 0 spiro atoms. The number of amides is 1. The molecule has 2 heterocycles. The summed E-state index contributed by atoms with van der Waals surface area (Å²) in [6, 6.07) is 5.10. The van der Waals surface area contributed by atoms with Crippen molar-refractivity contribution < 1.29 is 40.6 Å². The zero-order valence-electron chi connectivity index (χ0n) is 20.4. The number of ether oxygens (including phenoxy) is 1. The molecule has 1 aliphatic rings. The Morgan fingerprint density at radius 3 is 2.39 bits per heavy atom. The van der Waals surface area contributed by atoms with E-state index in [0.29, 0.717) is 19.3 Å². The van der Waals surface area contributed by atoms with Crippen LogP contribution in [-0.2, 0) is 21.6 Å². The van der Waals surface area contributed by atoms with Gasteiger partial charge >= 0.3 is 6.18 Å². The molecule has 0 aliphatic heterocycles. The molecule has 1 aliphatic carbocycles. The number of alkyl halides is 3. The molecule has 0 atom stereocenters. The van der Waals surface area contributed by atoms with Crippen LogP contribution in [0.1, 0.15) is 52.0 Å². The number of aliphatic hydroxyl groups is 1. The molecule has 9 nitrogen and oxygen atoms in total. The van der Waals surface area contributed by atoms with Crippen LogP contribution in [0.3, 0.4) is 0 Å². The highest BCUT2D eigenvalue weighted by atomic mass is 32.2. The first-order valence-electron chi connectivity index (χ1n) is 11.2. The normalized spacial score (nSPS) is 15.1. The summed E-state index contributed by atoms with van der Waals surface area (Å²) >= 11 is 0. The van der Waals surface area contributed by atoms with Crippen molar-refractivity contribution in [2.45, 2.75) is 49.8 Å². The molecule has 0 saturated heterocycles. The zero-order chi connectivity index (χ0) is 28.0. The van der Waals surface area contributed by atoms with Crippen LogP contribution in [0.5, 0.6) is 11.8 Å². The maximum absolute atomic E-state index is 15.1. The van der Waals surface area contributed by atoms with Gasteiger partial charge in [0.1, 0.15) is 11.4 Å². The Bertz CT molecular complexity index is 1540. The van der Waals surface area contributed by atoms with Crippen LogP contribution in [0.25, 0.3) is 0 Å². The number of carbonyl (C=O) groups excluding carboxylic acids is 1. The molecular formula is C24H22F4N4O5S. The fraction of sp³-hybridized carbons (Fsp3) is 0.333. The van der Waals surface area contributed by atoms with Crippen molar-refractivity contribution in [3.63, 3.8) is 0 Å². The van der Waals surface area contributed by atoms with Crippen molar-refractivity contribution in [3.05, 3.63) is 64.2 Å². The summed E-state index contributed by atoms with van der Waals surface area (Å²) in [5.74, 6) is -2.99. The summed E-state index contributed by atoms with van der Waals surface area (Å²) in [5.41, 5.74) is -4.32. The molecule has 1 amide bonds. The predicted octanol–water partition coefficient (Wildman–Crippen LogP) is 4.47. The van der Waals surface area contributed by atoms with E-state index in [1.54, 1.807) is 0 Å². The molecule has 2 aromatic heterocycles. The second-order valence-corrected chi connectivity index (χ2v) is 11.0. The predicted molar refractivity (Wildman–Crippen MR) is 126 cm³/mol. The smallest absolute Gasteiger partial charge is 0.418 e. The van der Waals surface area contributed by atoms with Crippen molar-refractivity contribution in [1.82, 2.24) is 15.2 Å². The average molecular weight is 555 g/mol. The first kappa shape index (κ1) is 27.4. The number of sulfone groups is 1. The summed E-state index contributed by atoms with van der Waals surface area (Å²) in [7, 11) is -3.64. The maximum atomic E-state index is 15.1. The first-order valence-corrected chi connectivity index (χ1v) is 13.1. The van der Waals surface area contributed by atoms with Crippen molar-refractivity contribution in [2.75, 3.05) is 11.6 Å². The van der Waals surface area contributed by atoms with E-state index in [2.05, 4.69) is 20.5 Å². The number of nitrogens with zero attached hydrogens (tertiary/aromatic N) is 3. The highest BCUT2D eigenvalue weighted by molar-refractivity contribution is 7.90. The van der Waals surface area contributed by atoms with Gasteiger partial charge in [-0.1, -0.05) is 6.07 Å². The molecule has 1 aromatic carbocycles. The fourth-order valence-corrected chi connectivity index (χ4v) is 4.64. The van der Waals surface area contributed by atoms with E-state index >= 15 is 4.39 Å². The van der Waals surface area contributed by atoms with Gasteiger partial charge in [0.25, 0.3) is 11.8 Å². The number of benzene rings is 1. The molecule has 0 bridgehead atoms. The second kappa shape index (κ2) is 9.58. The number of carbonyl (C=O) groups is 1. The van der Waals surface area contributed by atoms with Crippen LogP contribution < -0.4 is 10.1 Å². The number of aromatic nitrogens is 3. The number of hydrogen-bond acceptors (Lipinski definition) is 8. The highest BCUT2D eigenvalue weighted by Crippen LogP contribution is 2.43. The lowest BCUT2D eigenvalue weighted by molar-refractivity contribution is -0.142. The Balaban J connectivity index is 1.76. The van der Waals surface area contributed by atoms with Crippen molar-refractivity contribution in [2.24, 2.45) is 0 Å². The molecule has 4 rings (SSSR count). The molecule has 0 unspecified atom stereocenters. The number of halogens is 4. The minimum absolute atomic E-state index is 0.0212. The highest BCUT2D eigenvalue weighted by Gasteiger charge is 2.40. The Kier molecular flexibility index (Phi) is 6.91. The molecule has 1 fully saturated rings. The number of hydrogen-bond donors (Lipinski definition) is 2. The molecular weight excluding hydrogens is 532 g/mol. The SMILES string of the molecule is Cc1c(Oc2nnc(C(F)(F)F)c(C)c2C(=O)Nc2cccc(S(C)(=O)=O)c2)ncc(C2(O)CCC2)c1F. The van der Waals surface area contributed by atoms with Gasteiger partial charge in [-0.2, -0.15) is 13.2 Å². The number of pyridine rings is 1. The molecule has 0 radical (unpaired) electrons. The van der Waals surface area contributed by atoms with E-state index in [9.17, 15) is 31.5 Å². The lowest BCUT2D eigenvalue weighted by atomic mass is 9.75. The zero-order valence-corrected chi connectivity index (χ0v) is 21.2. The van der Waals surface area contributed by atoms with E-state index in [0.717, 1.165) is 25.4 Å². The summed E-state index contributed by atoms with van der Waals surface area (Å²) in [5, 5.41) is 19.4. The third-order valence-corrected chi connectivity index (χ3v) is 7.38. The van der Waals surface area contributed by atoms with Gasteiger partial charge in [0.15, 0.2) is 15.5 Å². The van der Waals surface area contributed by atoms with Crippen LogP contribution in [0.2, 0.25) is 0 Å². The standard InChI is InChI=1S/C24H22F4N4O5S/c1-12-17(20(33)30-14-6-4-7-15(10-14)38(3,35)36)22(32-31-19(12)24(26,27)28)37-21-13(2)18(25)16(11-29-21)23(34)8-5-9-23/h4,6-7,10-11,34H,5,8-9H2,1-3H3,(H,30,33). The van der Waals surface area contributed by atoms with Crippen LogP contribution >= 0.6 is 0 Å². The van der Waals surface area contributed by atoms with Gasteiger partial charge in [0.05, 0.1) is 10.5 Å². The Hall–Kier alpha value is -3.65. The summed E-state index contributed by atoms with van der Waals surface area (Å²) in [6.07, 6.45) is -1.53. The van der Waals surface area contributed by atoms with E-state index in [4.69, 9.17) is 4.74 Å². The average Bonchev–Trinajstić information content (AvgIpc) is 2.79. The summed E-state index contributed by atoms with van der Waals surface area (Å²) in [4.78, 5) is 17.0. The number of nitrogens with one attached hydrogen (secondary N) is 1. The lowest BCUT2D eigenvalue weighted by Crippen LogP contribution is -2.35. The molecule has 2 N–H and O–H groups in total. The van der Waals surface area contributed by atoms with E-state index in [1.807, 2.05) is 0 Å². The third-order valence-electron chi connectivity index (χ3n) is 6.27. The van der Waals surface area contributed by atoms with E-state index in [1.165, 1.54) is 25.1 Å². The van der Waals surface area contributed by atoms with Crippen LogP contribution in [0.15, 0.2) is 35.4 Å². The molecule has 1 saturated carbocycles. The fourth-order valence-electron chi connectivity index (χ4n) is 3.98. The topological polar surface area (TPSA) is 131 Å². The van der Waals surface area contributed by atoms with Gasteiger partial charge in [-0.05, 0) is 56.9 Å². The van der Waals surface area contributed by atoms with E-state index in [-0.39, 0.29) is 21.7 Å². The van der Waals surface area contributed by atoms with Gasteiger partial charge in [-0.25, -0.2) is 17.8 Å². The van der Waals surface area contributed by atoms with Crippen LogP contribution in [0, 0.1) is 19.7 Å². The van der Waals surface area contributed by atoms with Crippen LogP contribution in [-0.4, -0.2) is 40.9 Å². The Labute approximate surface area is 214 Å². The molecule has 14 heteroatoms. The molecule has 3 aromatic rings. The Morgan fingerprint density at radius 2 is 1.82 bits per heavy atom. The van der Waals surface area contributed by atoms with Gasteiger partial charge < -0.3 is 15.2 Å². The van der Waals surface area contributed by atoms with E-state index < -0.39 is 61.9 Å². The largest absolute Gasteiger partial charge is 0.435 e. The summed E-state index contributed by atoms with van der Waals surface area (Å²) < 4.78 is 84.9. The quantitative estimate of drug-likeness (QED) is 0.427. The van der Waals surface area contributed by atoms with Crippen molar-refractivity contribution in [1.29, 1.82) is 0 Å². The summed E-state index contributed by atoms with van der Waals surface area (Å²) in [6.45, 7) is 2.28. The first-order chi connectivity index (χ1) is 17.6. The van der Waals surface area contributed by atoms with Gasteiger partial charge in [-0.3, -0.25) is 4.79 Å². The molecule has 202 valence electrons. The minimum atomic E-state index is -4.96. The second-order valence-electron chi connectivity index (χ2n) is 9.01. The van der Waals surface area contributed by atoms with Gasteiger partial charge in [-0.15, -0.1) is 10.2 Å². The maximum Gasteiger partial charge on any atom is 0.435 e. The lowest BCUT2D eigenvalue weighted by Gasteiger charge is -2.37. The number of rotatable bonds is 6. The van der Waals surface area contributed by atoms with Crippen LogP contribution in [0.4, 0.5) is 23.2 Å². The third kappa shape index (κ3) is 5.18. The molecule has 38 heavy (non-hydrogen) atoms. The van der Waals surface area contributed by atoms with Gasteiger partial charge in [0, 0.05) is 29.3 Å². The Morgan fingerprint density at radius 1 is 1.13 bits per heavy atom. The van der Waals surface area contributed by atoms with Crippen molar-refractivity contribution in [3.8, 4) is 11.8 Å². The van der Waals surface area contributed by atoms with Crippen molar-refractivity contribution >= 4 is 21.4 Å². The minimum Gasteiger partial charge on any atom is -0.418 e. The van der Waals surface area contributed by atoms with Gasteiger partial charge in [0.2, 0.25) is 5.88 Å². The number of anilines is 1. The monoisotopic (exact) mass is 554 g/mol.